The first kappa shape index (κ1) is 17.2. The second-order valence-electron chi connectivity index (χ2n) is 5.04. The highest BCUT2D eigenvalue weighted by atomic mass is 16.5. The Labute approximate surface area is 125 Å². The third-order valence-corrected chi connectivity index (χ3v) is 3.21. The number of nitrogens with one attached hydrogen (secondary N) is 1. The molecule has 5 heteroatoms. The molecule has 0 saturated carbocycles. The lowest BCUT2D eigenvalue weighted by Crippen LogP contribution is -2.15. The Morgan fingerprint density at radius 2 is 1.90 bits per heavy atom. The summed E-state index contributed by atoms with van der Waals surface area (Å²) in [4.78, 5) is 23.6. The molecule has 0 radical (unpaired) electrons. The van der Waals surface area contributed by atoms with Crippen molar-refractivity contribution in [2.45, 2.75) is 39.0 Å². The van der Waals surface area contributed by atoms with Gasteiger partial charge in [-0.25, -0.2) is 4.79 Å². The highest BCUT2D eigenvalue weighted by Crippen LogP contribution is 2.19. The fraction of sp³-hybridized carbons (Fsp3) is 0.500. The first-order valence-corrected chi connectivity index (χ1v) is 7.27. The molecule has 21 heavy (non-hydrogen) atoms. The normalized spacial score (nSPS) is 10.2. The molecule has 0 aliphatic carbocycles. The molecule has 0 fully saturated rings. The van der Waals surface area contributed by atoms with Gasteiger partial charge in [0, 0.05) is 6.42 Å². The summed E-state index contributed by atoms with van der Waals surface area (Å²) >= 11 is 0. The maximum atomic E-state index is 11.9. The number of esters is 1. The second-order valence-corrected chi connectivity index (χ2v) is 5.04. The van der Waals surface area contributed by atoms with Crippen LogP contribution in [0.2, 0.25) is 0 Å². The lowest BCUT2D eigenvalue weighted by molar-refractivity contribution is -0.116. The van der Waals surface area contributed by atoms with Gasteiger partial charge in [0.05, 0.1) is 18.4 Å². The Hall–Kier alpha value is -1.88. The monoisotopic (exact) mass is 292 g/mol. The van der Waals surface area contributed by atoms with Crippen molar-refractivity contribution in [3.8, 4) is 0 Å². The van der Waals surface area contributed by atoms with Crippen molar-refractivity contribution in [1.82, 2.24) is 0 Å². The number of aryl methyl sites for hydroxylation is 1. The number of amides is 1. The molecule has 0 bridgehead atoms. The largest absolute Gasteiger partial charge is 0.465 e. The van der Waals surface area contributed by atoms with Gasteiger partial charge in [-0.2, -0.15) is 0 Å². The molecule has 1 amide bonds. The molecule has 0 saturated heterocycles. The SMILES string of the molecule is COC(=O)c1cc(C)ccc1NC(=O)CCCCCCN. The van der Waals surface area contributed by atoms with Crippen molar-refractivity contribution in [3.05, 3.63) is 29.3 Å². The Morgan fingerprint density at radius 3 is 2.57 bits per heavy atom. The van der Waals surface area contributed by atoms with Gasteiger partial charge in [0.1, 0.15) is 0 Å². The molecule has 3 N–H and O–H groups in total. The molecular weight excluding hydrogens is 268 g/mol. The molecule has 5 nitrogen and oxygen atoms in total. The van der Waals surface area contributed by atoms with Crippen LogP contribution in [-0.2, 0) is 9.53 Å². The van der Waals surface area contributed by atoms with Crippen LogP contribution in [0.4, 0.5) is 5.69 Å². The van der Waals surface area contributed by atoms with Crippen LogP contribution < -0.4 is 11.1 Å². The zero-order valence-corrected chi connectivity index (χ0v) is 12.8. The van der Waals surface area contributed by atoms with Crippen molar-refractivity contribution < 1.29 is 14.3 Å². The molecule has 0 aliphatic heterocycles. The number of hydrogen-bond acceptors (Lipinski definition) is 4. The molecule has 0 spiro atoms. The van der Waals surface area contributed by atoms with E-state index in [9.17, 15) is 9.59 Å². The molecule has 1 aromatic rings. The fourth-order valence-corrected chi connectivity index (χ4v) is 2.04. The van der Waals surface area contributed by atoms with Crippen LogP contribution in [0.3, 0.4) is 0 Å². The summed E-state index contributed by atoms with van der Waals surface area (Å²) in [7, 11) is 1.33. The van der Waals surface area contributed by atoms with Gasteiger partial charge in [-0.05, 0) is 38.4 Å². The van der Waals surface area contributed by atoms with Crippen molar-refractivity contribution in [2.24, 2.45) is 5.73 Å². The fourth-order valence-electron chi connectivity index (χ4n) is 2.04. The quantitative estimate of drug-likeness (QED) is 0.570. The van der Waals surface area contributed by atoms with Crippen LogP contribution in [-0.4, -0.2) is 25.5 Å². The highest BCUT2D eigenvalue weighted by Gasteiger charge is 2.13. The van der Waals surface area contributed by atoms with Crippen LogP contribution in [0.5, 0.6) is 0 Å². The standard InChI is InChI=1S/C16H24N2O3/c1-12-8-9-14(13(11-12)16(20)21-2)18-15(19)7-5-3-4-6-10-17/h8-9,11H,3-7,10,17H2,1-2H3,(H,18,19). The van der Waals surface area contributed by atoms with Gasteiger partial charge < -0.3 is 15.8 Å². The molecule has 0 unspecified atom stereocenters. The number of methoxy groups -OCH3 is 1. The Morgan fingerprint density at radius 1 is 1.19 bits per heavy atom. The van der Waals surface area contributed by atoms with Crippen LogP contribution in [0.25, 0.3) is 0 Å². The average Bonchev–Trinajstić information content (AvgIpc) is 2.48. The summed E-state index contributed by atoms with van der Waals surface area (Å²) in [5.74, 6) is -0.534. The Balaban J connectivity index is 2.57. The van der Waals surface area contributed by atoms with Gasteiger partial charge in [0.15, 0.2) is 0 Å². The van der Waals surface area contributed by atoms with E-state index in [1.807, 2.05) is 13.0 Å². The van der Waals surface area contributed by atoms with Gasteiger partial charge in [0.25, 0.3) is 0 Å². The minimum Gasteiger partial charge on any atom is -0.465 e. The number of ether oxygens (including phenoxy) is 1. The zero-order chi connectivity index (χ0) is 15.7. The zero-order valence-electron chi connectivity index (χ0n) is 12.8. The van der Waals surface area contributed by atoms with Gasteiger partial charge in [-0.15, -0.1) is 0 Å². The van der Waals surface area contributed by atoms with E-state index in [-0.39, 0.29) is 5.91 Å². The van der Waals surface area contributed by atoms with Gasteiger partial charge >= 0.3 is 5.97 Å². The van der Waals surface area contributed by atoms with E-state index >= 15 is 0 Å². The first-order chi connectivity index (χ1) is 10.1. The maximum absolute atomic E-state index is 11.9. The highest BCUT2D eigenvalue weighted by molar-refractivity contribution is 6.01. The first-order valence-electron chi connectivity index (χ1n) is 7.27. The van der Waals surface area contributed by atoms with E-state index in [1.54, 1.807) is 12.1 Å². The smallest absolute Gasteiger partial charge is 0.339 e. The number of rotatable bonds is 8. The molecule has 0 heterocycles. The summed E-state index contributed by atoms with van der Waals surface area (Å²) in [5, 5.41) is 2.78. The van der Waals surface area contributed by atoms with E-state index < -0.39 is 5.97 Å². The minimum atomic E-state index is -0.447. The number of carbonyl (C=O) groups is 2. The molecule has 1 rings (SSSR count). The van der Waals surface area contributed by atoms with Crippen LogP contribution >= 0.6 is 0 Å². The predicted molar refractivity (Wildman–Crippen MR) is 83.3 cm³/mol. The van der Waals surface area contributed by atoms with Gasteiger partial charge in [-0.1, -0.05) is 24.5 Å². The summed E-state index contributed by atoms with van der Waals surface area (Å²) in [6.07, 6.45) is 4.29. The third-order valence-electron chi connectivity index (χ3n) is 3.21. The second kappa shape index (κ2) is 9.13. The third kappa shape index (κ3) is 5.95. The van der Waals surface area contributed by atoms with Crippen molar-refractivity contribution >= 4 is 17.6 Å². The van der Waals surface area contributed by atoms with Gasteiger partial charge in [0.2, 0.25) is 5.91 Å². The minimum absolute atomic E-state index is 0.0863. The van der Waals surface area contributed by atoms with E-state index in [0.29, 0.717) is 24.2 Å². The molecule has 1 aromatic carbocycles. The number of anilines is 1. The van der Waals surface area contributed by atoms with E-state index in [2.05, 4.69) is 5.32 Å². The summed E-state index contributed by atoms with van der Waals surface area (Å²) in [6, 6.07) is 5.29. The summed E-state index contributed by atoms with van der Waals surface area (Å²) < 4.78 is 4.74. The number of unbranched alkanes of at least 4 members (excludes halogenated alkanes) is 3. The number of benzene rings is 1. The van der Waals surface area contributed by atoms with Crippen LogP contribution in [0.1, 0.15) is 48.0 Å². The maximum Gasteiger partial charge on any atom is 0.339 e. The Kier molecular flexibility index (Phi) is 7.46. The predicted octanol–water partition coefficient (Wildman–Crippen LogP) is 2.63. The summed E-state index contributed by atoms with van der Waals surface area (Å²) in [5.41, 5.74) is 7.24. The number of nitrogens with two attached hydrogens (primary N) is 1. The van der Waals surface area contributed by atoms with E-state index in [4.69, 9.17) is 10.5 Å². The molecular formula is C16H24N2O3. The lowest BCUT2D eigenvalue weighted by atomic mass is 10.1. The van der Waals surface area contributed by atoms with Crippen molar-refractivity contribution in [1.29, 1.82) is 0 Å². The molecule has 0 aromatic heterocycles. The Bertz CT molecular complexity index is 486. The summed E-state index contributed by atoms with van der Waals surface area (Å²) in [6.45, 7) is 2.58. The van der Waals surface area contributed by atoms with Crippen molar-refractivity contribution in [2.75, 3.05) is 19.0 Å². The lowest BCUT2D eigenvalue weighted by Gasteiger charge is -2.10. The topological polar surface area (TPSA) is 81.4 Å². The van der Waals surface area contributed by atoms with E-state index in [1.165, 1.54) is 7.11 Å². The molecule has 116 valence electrons. The molecule has 0 atom stereocenters. The molecule has 0 aliphatic rings. The average molecular weight is 292 g/mol. The van der Waals surface area contributed by atoms with Crippen LogP contribution in [0, 0.1) is 6.92 Å². The van der Waals surface area contributed by atoms with E-state index in [0.717, 1.165) is 31.2 Å². The number of carbonyl (C=O) groups excluding carboxylic acids is 2. The van der Waals surface area contributed by atoms with Crippen LogP contribution in [0.15, 0.2) is 18.2 Å². The van der Waals surface area contributed by atoms with Gasteiger partial charge in [-0.3, -0.25) is 4.79 Å². The van der Waals surface area contributed by atoms with Crippen molar-refractivity contribution in [3.63, 3.8) is 0 Å². The number of hydrogen-bond donors (Lipinski definition) is 2.